The first-order valence-electron chi connectivity index (χ1n) is 5.52. The van der Waals surface area contributed by atoms with Gasteiger partial charge in [0.15, 0.2) is 0 Å². The average molecular weight is 287 g/mol. The highest BCUT2D eigenvalue weighted by Crippen LogP contribution is 2.22. The lowest BCUT2D eigenvalue weighted by Crippen LogP contribution is -1.86. The molecule has 0 unspecified atom stereocenters. The van der Waals surface area contributed by atoms with Crippen LogP contribution >= 0.6 is 27.7 Å². The van der Waals surface area contributed by atoms with E-state index in [9.17, 15) is 0 Å². The van der Waals surface area contributed by atoms with Crippen LogP contribution in [0.1, 0.15) is 38.2 Å². The van der Waals surface area contributed by atoms with Gasteiger partial charge < -0.3 is 0 Å². The molecule has 15 heavy (non-hydrogen) atoms. The van der Waals surface area contributed by atoms with E-state index >= 15 is 0 Å². The number of hydrogen-bond donors (Lipinski definition) is 0. The van der Waals surface area contributed by atoms with Gasteiger partial charge in [0.25, 0.3) is 0 Å². The molecule has 0 saturated carbocycles. The van der Waals surface area contributed by atoms with Crippen molar-refractivity contribution in [3.8, 4) is 0 Å². The highest BCUT2D eigenvalue weighted by Gasteiger charge is 1.99. The number of alkyl halides is 1. The first-order chi connectivity index (χ1) is 7.24. The third kappa shape index (κ3) is 5.07. The second-order valence-corrected chi connectivity index (χ2v) is 5.93. The quantitative estimate of drug-likeness (QED) is 0.399. The van der Waals surface area contributed by atoms with Crippen molar-refractivity contribution in [3.63, 3.8) is 0 Å². The SMILES string of the molecule is CC(C)c1ccc(SCCCCBr)cc1. The molecule has 0 N–H and O–H groups in total. The fourth-order valence-corrected chi connectivity index (χ4v) is 2.64. The maximum atomic E-state index is 3.45. The summed E-state index contributed by atoms with van der Waals surface area (Å²) in [5.41, 5.74) is 1.43. The van der Waals surface area contributed by atoms with Crippen LogP contribution in [-0.4, -0.2) is 11.1 Å². The molecule has 2 heteroatoms. The number of unbranched alkanes of at least 4 members (excludes halogenated alkanes) is 1. The van der Waals surface area contributed by atoms with Crippen molar-refractivity contribution >= 4 is 27.7 Å². The van der Waals surface area contributed by atoms with Crippen LogP contribution in [0.2, 0.25) is 0 Å². The van der Waals surface area contributed by atoms with Crippen molar-refractivity contribution in [1.82, 2.24) is 0 Å². The van der Waals surface area contributed by atoms with Gasteiger partial charge in [-0.2, -0.15) is 0 Å². The van der Waals surface area contributed by atoms with E-state index in [4.69, 9.17) is 0 Å². The van der Waals surface area contributed by atoms with Crippen molar-refractivity contribution in [2.75, 3.05) is 11.1 Å². The Labute approximate surface area is 106 Å². The van der Waals surface area contributed by atoms with Crippen molar-refractivity contribution in [2.45, 2.75) is 37.5 Å². The third-order valence-electron chi connectivity index (χ3n) is 2.34. The molecular weight excluding hydrogens is 268 g/mol. The summed E-state index contributed by atoms with van der Waals surface area (Å²) in [7, 11) is 0. The van der Waals surface area contributed by atoms with E-state index in [1.807, 2.05) is 11.8 Å². The normalized spacial score (nSPS) is 10.9. The van der Waals surface area contributed by atoms with E-state index in [-0.39, 0.29) is 0 Å². The summed E-state index contributed by atoms with van der Waals surface area (Å²) in [6, 6.07) is 8.98. The zero-order valence-corrected chi connectivity index (χ0v) is 11.9. The molecule has 0 nitrogen and oxygen atoms in total. The highest BCUT2D eigenvalue weighted by molar-refractivity contribution is 9.09. The Kier molecular flexibility index (Phi) is 6.42. The summed E-state index contributed by atoms with van der Waals surface area (Å²) in [5.74, 6) is 1.87. The highest BCUT2D eigenvalue weighted by atomic mass is 79.9. The molecule has 0 saturated heterocycles. The van der Waals surface area contributed by atoms with E-state index < -0.39 is 0 Å². The molecule has 0 aliphatic heterocycles. The van der Waals surface area contributed by atoms with E-state index in [0.717, 1.165) is 5.33 Å². The van der Waals surface area contributed by atoms with Gasteiger partial charge in [0.2, 0.25) is 0 Å². The van der Waals surface area contributed by atoms with E-state index in [0.29, 0.717) is 5.92 Å². The van der Waals surface area contributed by atoms with Gasteiger partial charge in [-0.1, -0.05) is 41.9 Å². The van der Waals surface area contributed by atoms with Crippen LogP contribution in [0.4, 0.5) is 0 Å². The molecule has 0 atom stereocenters. The zero-order chi connectivity index (χ0) is 11.1. The largest absolute Gasteiger partial charge is 0.126 e. The molecule has 0 spiro atoms. The maximum absolute atomic E-state index is 3.45. The number of thioether (sulfide) groups is 1. The zero-order valence-electron chi connectivity index (χ0n) is 9.50. The van der Waals surface area contributed by atoms with Crippen LogP contribution in [0.3, 0.4) is 0 Å². The van der Waals surface area contributed by atoms with Crippen LogP contribution in [0.5, 0.6) is 0 Å². The number of hydrogen-bond acceptors (Lipinski definition) is 1. The molecule has 1 aromatic carbocycles. The fourth-order valence-electron chi connectivity index (χ4n) is 1.34. The molecule has 1 aromatic rings. The first-order valence-corrected chi connectivity index (χ1v) is 7.63. The second kappa shape index (κ2) is 7.34. The predicted octanol–water partition coefficient (Wildman–Crippen LogP) is 5.08. The lowest BCUT2D eigenvalue weighted by Gasteiger charge is -2.06. The number of halogens is 1. The minimum atomic E-state index is 0.637. The summed E-state index contributed by atoms with van der Waals surface area (Å²) in [6.45, 7) is 4.47. The minimum absolute atomic E-state index is 0.637. The van der Waals surface area contributed by atoms with Gasteiger partial charge in [-0.25, -0.2) is 0 Å². The summed E-state index contributed by atoms with van der Waals surface area (Å²) >= 11 is 5.41. The summed E-state index contributed by atoms with van der Waals surface area (Å²) in [5, 5.41) is 1.12. The molecule has 0 bridgehead atoms. The molecule has 0 aliphatic rings. The van der Waals surface area contributed by atoms with Crippen molar-refractivity contribution in [3.05, 3.63) is 29.8 Å². The Morgan fingerprint density at radius 3 is 2.33 bits per heavy atom. The first kappa shape index (κ1) is 13.1. The predicted molar refractivity (Wildman–Crippen MR) is 74.3 cm³/mol. The van der Waals surface area contributed by atoms with Crippen LogP contribution in [0.25, 0.3) is 0 Å². The van der Waals surface area contributed by atoms with Gasteiger partial charge in [0.1, 0.15) is 0 Å². The minimum Gasteiger partial charge on any atom is -0.126 e. The Hall–Kier alpha value is 0.0500. The van der Waals surface area contributed by atoms with Crippen LogP contribution in [0.15, 0.2) is 29.2 Å². The standard InChI is InChI=1S/C13H19BrS/c1-11(2)12-5-7-13(8-6-12)15-10-4-3-9-14/h5-8,11H,3-4,9-10H2,1-2H3. The topological polar surface area (TPSA) is 0 Å². The molecule has 0 heterocycles. The second-order valence-electron chi connectivity index (χ2n) is 3.97. The number of benzene rings is 1. The van der Waals surface area contributed by atoms with Crippen LogP contribution < -0.4 is 0 Å². The Bertz CT molecular complexity index is 266. The van der Waals surface area contributed by atoms with Gasteiger partial charge in [-0.3, -0.25) is 0 Å². The summed E-state index contributed by atoms with van der Waals surface area (Å²) in [4.78, 5) is 1.40. The van der Waals surface area contributed by atoms with E-state index in [1.54, 1.807) is 0 Å². The smallest absolute Gasteiger partial charge is 0.00721 e. The molecule has 0 amide bonds. The molecular formula is C13H19BrS. The number of rotatable bonds is 6. The third-order valence-corrected chi connectivity index (χ3v) is 4.00. The molecule has 0 radical (unpaired) electrons. The Morgan fingerprint density at radius 1 is 1.13 bits per heavy atom. The molecule has 84 valence electrons. The average Bonchev–Trinajstić information content (AvgIpc) is 2.25. The molecule has 0 aromatic heterocycles. The molecule has 0 aliphatic carbocycles. The van der Waals surface area contributed by atoms with Crippen LogP contribution in [-0.2, 0) is 0 Å². The van der Waals surface area contributed by atoms with Crippen molar-refractivity contribution < 1.29 is 0 Å². The van der Waals surface area contributed by atoms with E-state index in [1.165, 1.54) is 29.1 Å². The van der Waals surface area contributed by atoms with Gasteiger partial charge >= 0.3 is 0 Å². The van der Waals surface area contributed by atoms with Gasteiger partial charge in [0.05, 0.1) is 0 Å². The van der Waals surface area contributed by atoms with Crippen molar-refractivity contribution in [1.29, 1.82) is 0 Å². The van der Waals surface area contributed by atoms with Gasteiger partial charge in [-0.05, 0) is 42.2 Å². The van der Waals surface area contributed by atoms with Gasteiger partial charge in [0, 0.05) is 10.2 Å². The monoisotopic (exact) mass is 286 g/mol. The summed E-state index contributed by atoms with van der Waals surface area (Å²) < 4.78 is 0. The Balaban J connectivity index is 2.36. The van der Waals surface area contributed by atoms with Crippen molar-refractivity contribution in [2.24, 2.45) is 0 Å². The van der Waals surface area contributed by atoms with Crippen LogP contribution in [0, 0.1) is 0 Å². The lowest BCUT2D eigenvalue weighted by atomic mass is 10.0. The van der Waals surface area contributed by atoms with Gasteiger partial charge in [-0.15, -0.1) is 11.8 Å². The molecule has 0 fully saturated rings. The fraction of sp³-hybridized carbons (Fsp3) is 0.538. The lowest BCUT2D eigenvalue weighted by molar-refractivity contribution is 0.864. The Morgan fingerprint density at radius 2 is 1.80 bits per heavy atom. The maximum Gasteiger partial charge on any atom is 0.00721 e. The van der Waals surface area contributed by atoms with E-state index in [2.05, 4.69) is 54.0 Å². The summed E-state index contributed by atoms with van der Waals surface area (Å²) in [6.07, 6.45) is 2.57. The molecule has 1 rings (SSSR count).